The lowest BCUT2D eigenvalue weighted by Crippen LogP contribution is -2.33. The second kappa shape index (κ2) is 3.74. The van der Waals surface area contributed by atoms with Gasteiger partial charge in [0.15, 0.2) is 0 Å². The van der Waals surface area contributed by atoms with Crippen molar-refractivity contribution in [3.05, 3.63) is 32.6 Å². The number of nitrogens with zero attached hydrogens (tertiary/aromatic N) is 1. The fraction of sp³-hybridized carbons (Fsp3) is 0.636. The lowest BCUT2D eigenvalue weighted by molar-refractivity contribution is 0.0975. The van der Waals surface area contributed by atoms with Crippen molar-refractivity contribution in [1.82, 2.24) is 9.55 Å². The third kappa shape index (κ3) is 1.78. The van der Waals surface area contributed by atoms with Gasteiger partial charge in [-0.3, -0.25) is 14.3 Å². The molecule has 2 aliphatic rings. The number of hydrogen-bond acceptors (Lipinski definition) is 3. The molecular weight excluding hydrogens is 246 g/mol. The van der Waals surface area contributed by atoms with Gasteiger partial charge in [-0.25, -0.2) is 13.6 Å². The minimum atomic E-state index is -2.85. The summed E-state index contributed by atoms with van der Waals surface area (Å²) in [6.45, 7) is 0.544. The Kier molecular flexibility index (Phi) is 2.41. The average Bonchev–Trinajstić information content (AvgIpc) is 2.76. The molecule has 2 heterocycles. The van der Waals surface area contributed by atoms with E-state index in [1.807, 2.05) is 0 Å². The molecule has 0 bridgehead atoms. The largest absolute Gasteiger partial charge is 0.373 e. The zero-order valence-corrected chi connectivity index (χ0v) is 9.49. The number of halogens is 2. The number of alkyl halides is 2. The van der Waals surface area contributed by atoms with Crippen LogP contribution in [0.25, 0.3) is 0 Å². The van der Waals surface area contributed by atoms with Crippen LogP contribution in [-0.4, -0.2) is 22.1 Å². The Balaban J connectivity index is 2.03. The van der Waals surface area contributed by atoms with Crippen LogP contribution < -0.4 is 11.2 Å². The summed E-state index contributed by atoms with van der Waals surface area (Å²) in [6.07, 6.45) is 1.96. The number of ether oxygens (including phenoxy) is 1. The summed E-state index contributed by atoms with van der Waals surface area (Å²) < 4.78 is 32.2. The molecule has 98 valence electrons. The first-order chi connectivity index (χ1) is 8.49. The quantitative estimate of drug-likeness (QED) is 0.859. The normalized spacial score (nSPS) is 29.4. The van der Waals surface area contributed by atoms with Crippen molar-refractivity contribution in [3.8, 4) is 0 Å². The molecule has 2 fully saturated rings. The van der Waals surface area contributed by atoms with Gasteiger partial charge in [0.1, 0.15) is 6.04 Å². The van der Waals surface area contributed by atoms with E-state index >= 15 is 0 Å². The molecule has 2 atom stereocenters. The molecule has 2 unspecified atom stereocenters. The van der Waals surface area contributed by atoms with E-state index in [0.717, 1.165) is 11.0 Å². The van der Waals surface area contributed by atoms with Gasteiger partial charge in [0.25, 0.3) is 11.5 Å². The first kappa shape index (κ1) is 11.6. The molecule has 1 aliphatic heterocycles. The van der Waals surface area contributed by atoms with E-state index in [9.17, 15) is 18.4 Å². The van der Waals surface area contributed by atoms with Crippen LogP contribution in [0.1, 0.15) is 37.0 Å². The summed E-state index contributed by atoms with van der Waals surface area (Å²) >= 11 is 0. The highest BCUT2D eigenvalue weighted by Gasteiger charge is 2.59. The molecule has 1 aliphatic carbocycles. The Hall–Kier alpha value is -1.50. The van der Waals surface area contributed by atoms with Gasteiger partial charge in [0, 0.05) is 19.2 Å². The van der Waals surface area contributed by atoms with Crippen molar-refractivity contribution in [2.24, 2.45) is 0 Å². The van der Waals surface area contributed by atoms with Crippen molar-refractivity contribution in [1.29, 1.82) is 0 Å². The van der Waals surface area contributed by atoms with Crippen molar-refractivity contribution in [2.45, 2.75) is 37.3 Å². The third-order valence-corrected chi connectivity index (χ3v) is 3.40. The molecule has 5 nitrogen and oxygen atoms in total. The molecular formula is C11H12F2N2O3. The summed E-state index contributed by atoms with van der Waals surface area (Å²) in [6, 6.07) is -1.14. The van der Waals surface area contributed by atoms with Crippen LogP contribution in [0.5, 0.6) is 0 Å². The van der Waals surface area contributed by atoms with Gasteiger partial charge in [0.2, 0.25) is 0 Å². The van der Waals surface area contributed by atoms with Crippen LogP contribution in [0.3, 0.4) is 0 Å². The molecule has 3 rings (SSSR count). The van der Waals surface area contributed by atoms with E-state index < -0.39 is 29.3 Å². The van der Waals surface area contributed by atoms with Gasteiger partial charge >= 0.3 is 5.69 Å². The Labute approximate surface area is 100 Å². The predicted molar refractivity (Wildman–Crippen MR) is 57.9 cm³/mol. The van der Waals surface area contributed by atoms with Gasteiger partial charge in [0.05, 0.1) is 11.7 Å². The van der Waals surface area contributed by atoms with Gasteiger partial charge in [-0.15, -0.1) is 0 Å². The average molecular weight is 258 g/mol. The SMILES string of the molecule is O=c1[nH]c(=O)n(C2CC2(F)F)cc1C1CCCO1. The van der Waals surface area contributed by atoms with Crippen LogP contribution in [0.2, 0.25) is 0 Å². The highest BCUT2D eigenvalue weighted by atomic mass is 19.3. The lowest BCUT2D eigenvalue weighted by atomic mass is 10.1. The molecule has 1 aromatic rings. The Bertz CT molecular complexity index is 553. The predicted octanol–water partition coefficient (Wildman–Crippen LogP) is 0.968. The summed E-state index contributed by atoms with van der Waals surface area (Å²) in [7, 11) is 0. The Morgan fingerprint density at radius 2 is 2.17 bits per heavy atom. The fourth-order valence-electron chi connectivity index (χ4n) is 2.29. The van der Waals surface area contributed by atoms with Crippen molar-refractivity contribution in [2.75, 3.05) is 6.61 Å². The highest BCUT2D eigenvalue weighted by molar-refractivity contribution is 5.13. The number of rotatable bonds is 2. The Morgan fingerprint density at radius 3 is 2.72 bits per heavy atom. The number of hydrogen-bond donors (Lipinski definition) is 1. The lowest BCUT2D eigenvalue weighted by Gasteiger charge is -2.11. The molecule has 7 heteroatoms. The van der Waals surface area contributed by atoms with Gasteiger partial charge in [-0.05, 0) is 12.8 Å². The smallest absolute Gasteiger partial charge is 0.328 e. The van der Waals surface area contributed by atoms with E-state index in [2.05, 4.69) is 4.98 Å². The molecule has 18 heavy (non-hydrogen) atoms. The molecule has 0 radical (unpaired) electrons. The maximum atomic E-state index is 13.0. The minimum Gasteiger partial charge on any atom is -0.373 e. The van der Waals surface area contributed by atoms with Crippen LogP contribution in [0.15, 0.2) is 15.8 Å². The van der Waals surface area contributed by atoms with Crippen LogP contribution >= 0.6 is 0 Å². The van der Waals surface area contributed by atoms with Gasteiger partial charge < -0.3 is 4.74 Å². The number of aromatic amines is 1. The summed E-state index contributed by atoms with van der Waals surface area (Å²) in [5.74, 6) is -2.85. The summed E-state index contributed by atoms with van der Waals surface area (Å²) in [5.41, 5.74) is -1.08. The second-order valence-corrected chi connectivity index (χ2v) is 4.73. The van der Waals surface area contributed by atoms with E-state index in [0.29, 0.717) is 13.0 Å². The molecule has 1 N–H and O–H groups in total. The monoisotopic (exact) mass is 258 g/mol. The molecule has 1 saturated heterocycles. The van der Waals surface area contributed by atoms with E-state index in [-0.39, 0.29) is 12.0 Å². The minimum absolute atomic E-state index is 0.259. The fourth-order valence-corrected chi connectivity index (χ4v) is 2.29. The first-order valence-electron chi connectivity index (χ1n) is 5.84. The van der Waals surface area contributed by atoms with E-state index in [4.69, 9.17) is 4.74 Å². The molecule has 1 aromatic heterocycles. The summed E-state index contributed by atoms with van der Waals surface area (Å²) in [4.78, 5) is 25.2. The van der Waals surface area contributed by atoms with Crippen LogP contribution in [0.4, 0.5) is 8.78 Å². The second-order valence-electron chi connectivity index (χ2n) is 4.73. The Morgan fingerprint density at radius 1 is 1.44 bits per heavy atom. The molecule has 1 saturated carbocycles. The number of H-pyrrole nitrogens is 1. The topological polar surface area (TPSA) is 64.1 Å². The molecule has 0 amide bonds. The zero-order valence-electron chi connectivity index (χ0n) is 9.49. The zero-order chi connectivity index (χ0) is 12.9. The maximum absolute atomic E-state index is 13.0. The third-order valence-electron chi connectivity index (χ3n) is 3.40. The molecule has 0 spiro atoms. The van der Waals surface area contributed by atoms with Crippen LogP contribution in [0, 0.1) is 0 Å². The van der Waals surface area contributed by atoms with Crippen molar-refractivity contribution < 1.29 is 13.5 Å². The standard InChI is InChI=1S/C11H12F2N2O3/c12-11(13)4-8(11)15-5-6(7-2-1-3-18-7)9(16)14-10(15)17/h5,7-8H,1-4H2,(H,14,16,17). The van der Waals surface area contributed by atoms with Crippen molar-refractivity contribution in [3.63, 3.8) is 0 Å². The number of aromatic nitrogens is 2. The van der Waals surface area contributed by atoms with E-state index in [1.165, 1.54) is 6.20 Å². The molecule has 0 aromatic carbocycles. The maximum Gasteiger partial charge on any atom is 0.328 e. The number of nitrogens with one attached hydrogen (secondary N) is 1. The summed E-state index contributed by atoms with van der Waals surface area (Å²) in [5, 5.41) is 0. The van der Waals surface area contributed by atoms with Crippen LogP contribution in [-0.2, 0) is 4.74 Å². The van der Waals surface area contributed by atoms with Crippen molar-refractivity contribution >= 4 is 0 Å². The first-order valence-corrected chi connectivity index (χ1v) is 5.84. The highest BCUT2D eigenvalue weighted by Crippen LogP contribution is 2.51. The van der Waals surface area contributed by atoms with Gasteiger partial charge in [-0.1, -0.05) is 0 Å². The van der Waals surface area contributed by atoms with E-state index in [1.54, 1.807) is 0 Å². The van der Waals surface area contributed by atoms with Gasteiger partial charge in [-0.2, -0.15) is 0 Å².